The zero-order valence-electron chi connectivity index (χ0n) is 21.4. The van der Waals surface area contributed by atoms with E-state index in [0.29, 0.717) is 27.0 Å². The molecule has 0 spiro atoms. The molecule has 4 rings (SSSR count). The molecular formula is C31H25Cl2N3O3S. The molecule has 0 aliphatic heterocycles. The minimum Gasteiger partial charge on any atom is -0.324 e. The van der Waals surface area contributed by atoms with Crippen LogP contribution in [-0.4, -0.2) is 23.5 Å². The first-order valence-electron chi connectivity index (χ1n) is 12.2. The van der Waals surface area contributed by atoms with Gasteiger partial charge in [0, 0.05) is 21.2 Å². The summed E-state index contributed by atoms with van der Waals surface area (Å²) in [6.45, 7) is 1.93. The van der Waals surface area contributed by atoms with E-state index in [4.69, 9.17) is 23.2 Å². The maximum absolute atomic E-state index is 13.2. The molecule has 3 N–H and O–H groups in total. The number of amides is 3. The Hall–Kier alpha value is -4.04. The number of carbonyl (C=O) groups is 3. The number of thioether (sulfide) groups is 1. The van der Waals surface area contributed by atoms with E-state index in [-0.39, 0.29) is 23.3 Å². The highest BCUT2D eigenvalue weighted by Gasteiger charge is 2.16. The summed E-state index contributed by atoms with van der Waals surface area (Å²) in [6, 6.07) is 28.2. The van der Waals surface area contributed by atoms with Crippen LogP contribution in [0.1, 0.15) is 21.5 Å². The van der Waals surface area contributed by atoms with Gasteiger partial charge in [0.1, 0.15) is 5.70 Å². The Kier molecular flexibility index (Phi) is 10.0. The van der Waals surface area contributed by atoms with Crippen LogP contribution < -0.4 is 16.0 Å². The van der Waals surface area contributed by atoms with E-state index in [2.05, 4.69) is 16.0 Å². The van der Waals surface area contributed by atoms with Crippen molar-refractivity contribution in [2.75, 3.05) is 16.4 Å². The molecule has 9 heteroatoms. The Morgan fingerprint density at radius 1 is 0.825 bits per heavy atom. The van der Waals surface area contributed by atoms with Crippen molar-refractivity contribution in [1.82, 2.24) is 5.32 Å². The molecular weight excluding hydrogens is 565 g/mol. The molecule has 4 aromatic carbocycles. The first-order valence-corrected chi connectivity index (χ1v) is 14.0. The van der Waals surface area contributed by atoms with Crippen LogP contribution in [0, 0.1) is 6.92 Å². The van der Waals surface area contributed by atoms with Crippen molar-refractivity contribution >= 4 is 70.1 Å². The van der Waals surface area contributed by atoms with Crippen LogP contribution in [0.25, 0.3) is 6.08 Å². The van der Waals surface area contributed by atoms with Gasteiger partial charge in [-0.3, -0.25) is 14.4 Å². The quantitative estimate of drug-likeness (QED) is 0.140. The average molecular weight is 591 g/mol. The van der Waals surface area contributed by atoms with Crippen molar-refractivity contribution < 1.29 is 14.4 Å². The smallest absolute Gasteiger partial charge is 0.272 e. The monoisotopic (exact) mass is 589 g/mol. The fraction of sp³-hybridized carbons (Fsp3) is 0.0645. The molecule has 4 aromatic rings. The highest BCUT2D eigenvalue weighted by atomic mass is 35.5. The standard InChI is InChI=1S/C31H25Cl2N3O3S/c1-20-7-5-6-10-22(20)17-28(36-30(38)21-8-3-2-4-9-21)31(39)34-24-12-14-25(15-13-24)40-19-29(37)35-27-18-23(32)11-16-26(27)33/h2-18H,19H2,1H3,(H,34,39)(H,35,37)(H,36,38)/b28-17-. The van der Waals surface area contributed by atoms with Crippen LogP contribution in [0.4, 0.5) is 11.4 Å². The SMILES string of the molecule is Cc1ccccc1/C=C(\NC(=O)c1ccccc1)C(=O)Nc1ccc(SCC(=O)Nc2cc(Cl)ccc2Cl)cc1. The van der Waals surface area contributed by atoms with Crippen LogP contribution in [0.5, 0.6) is 0 Å². The second-order valence-electron chi connectivity index (χ2n) is 8.67. The summed E-state index contributed by atoms with van der Waals surface area (Å²) in [6.07, 6.45) is 1.65. The van der Waals surface area contributed by atoms with E-state index < -0.39 is 5.91 Å². The van der Waals surface area contributed by atoms with Gasteiger partial charge in [0.25, 0.3) is 11.8 Å². The van der Waals surface area contributed by atoms with Crippen molar-refractivity contribution in [1.29, 1.82) is 0 Å². The van der Waals surface area contributed by atoms with E-state index in [1.165, 1.54) is 11.8 Å². The van der Waals surface area contributed by atoms with E-state index in [1.54, 1.807) is 72.8 Å². The Bertz CT molecular complexity index is 1560. The summed E-state index contributed by atoms with van der Waals surface area (Å²) in [5.74, 6) is -0.930. The summed E-state index contributed by atoms with van der Waals surface area (Å²) in [4.78, 5) is 39.3. The van der Waals surface area contributed by atoms with Gasteiger partial charge in [0.05, 0.1) is 16.5 Å². The Labute approximate surface area is 246 Å². The maximum atomic E-state index is 13.2. The Morgan fingerprint density at radius 3 is 2.25 bits per heavy atom. The minimum absolute atomic E-state index is 0.109. The normalized spacial score (nSPS) is 11.0. The molecule has 0 heterocycles. The van der Waals surface area contributed by atoms with Crippen LogP contribution in [0.3, 0.4) is 0 Å². The van der Waals surface area contributed by atoms with Crippen LogP contribution in [0.15, 0.2) is 108 Å². The van der Waals surface area contributed by atoms with Gasteiger partial charge in [0.15, 0.2) is 0 Å². The lowest BCUT2D eigenvalue weighted by atomic mass is 10.1. The molecule has 6 nitrogen and oxygen atoms in total. The molecule has 3 amide bonds. The van der Waals surface area contributed by atoms with Gasteiger partial charge in [-0.25, -0.2) is 0 Å². The summed E-state index contributed by atoms with van der Waals surface area (Å²) in [7, 11) is 0. The number of anilines is 2. The lowest BCUT2D eigenvalue weighted by Gasteiger charge is -2.12. The molecule has 202 valence electrons. The molecule has 0 saturated heterocycles. The third-order valence-electron chi connectivity index (χ3n) is 5.70. The number of halogens is 2. The van der Waals surface area contributed by atoms with Crippen molar-refractivity contribution in [2.24, 2.45) is 0 Å². The first-order chi connectivity index (χ1) is 19.3. The van der Waals surface area contributed by atoms with E-state index in [0.717, 1.165) is 16.0 Å². The molecule has 0 aliphatic carbocycles. The average Bonchev–Trinajstić information content (AvgIpc) is 2.95. The highest BCUT2D eigenvalue weighted by Crippen LogP contribution is 2.26. The van der Waals surface area contributed by atoms with Gasteiger partial charge in [-0.15, -0.1) is 11.8 Å². The molecule has 0 radical (unpaired) electrons. The molecule has 0 bridgehead atoms. The topological polar surface area (TPSA) is 87.3 Å². The molecule has 0 aliphatic rings. The van der Waals surface area contributed by atoms with Gasteiger partial charge < -0.3 is 16.0 Å². The van der Waals surface area contributed by atoms with Crippen molar-refractivity contribution in [2.45, 2.75) is 11.8 Å². The van der Waals surface area contributed by atoms with Gasteiger partial charge in [-0.2, -0.15) is 0 Å². The van der Waals surface area contributed by atoms with Crippen LogP contribution >= 0.6 is 35.0 Å². The number of benzene rings is 4. The Balaban J connectivity index is 1.41. The molecule has 0 atom stereocenters. The molecule has 40 heavy (non-hydrogen) atoms. The van der Waals surface area contributed by atoms with Crippen LogP contribution in [-0.2, 0) is 9.59 Å². The number of carbonyl (C=O) groups excluding carboxylic acids is 3. The van der Waals surface area contributed by atoms with Crippen molar-refractivity contribution in [3.8, 4) is 0 Å². The summed E-state index contributed by atoms with van der Waals surface area (Å²) < 4.78 is 0. The third kappa shape index (κ3) is 8.23. The molecule has 0 aromatic heterocycles. The molecule has 0 unspecified atom stereocenters. The second kappa shape index (κ2) is 13.8. The number of hydrogen-bond donors (Lipinski definition) is 3. The van der Waals surface area contributed by atoms with E-state index in [1.807, 2.05) is 37.3 Å². The zero-order chi connectivity index (χ0) is 28.5. The summed E-state index contributed by atoms with van der Waals surface area (Å²) in [5.41, 5.74) is 3.31. The lowest BCUT2D eigenvalue weighted by Crippen LogP contribution is -2.30. The van der Waals surface area contributed by atoms with Crippen LogP contribution in [0.2, 0.25) is 10.0 Å². The number of hydrogen-bond acceptors (Lipinski definition) is 4. The van der Waals surface area contributed by atoms with E-state index in [9.17, 15) is 14.4 Å². The number of nitrogens with one attached hydrogen (secondary N) is 3. The maximum Gasteiger partial charge on any atom is 0.272 e. The number of aryl methyl sites for hydroxylation is 1. The molecule has 0 fully saturated rings. The fourth-order valence-corrected chi connectivity index (χ4v) is 4.64. The Morgan fingerprint density at radius 2 is 1.52 bits per heavy atom. The fourth-order valence-electron chi connectivity index (χ4n) is 3.61. The first kappa shape index (κ1) is 29.0. The number of rotatable bonds is 9. The van der Waals surface area contributed by atoms with Crippen molar-refractivity contribution in [3.63, 3.8) is 0 Å². The van der Waals surface area contributed by atoms with Gasteiger partial charge >= 0.3 is 0 Å². The third-order valence-corrected chi connectivity index (χ3v) is 7.28. The molecule has 0 saturated carbocycles. The predicted octanol–water partition coefficient (Wildman–Crippen LogP) is 7.44. The summed E-state index contributed by atoms with van der Waals surface area (Å²) in [5, 5.41) is 9.21. The lowest BCUT2D eigenvalue weighted by molar-refractivity contribution is -0.114. The largest absolute Gasteiger partial charge is 0.324 e. The van der Waals surface area contributed by atoms with Gasteiger partial charge in [-0.1, -0.05) is 65.7 Å². The van der Waals surface area contributed by atoms with E-state index >= 15 is 0 Å². The minimum atomic E-state index is -0.467. The predicted molar refractivity (Wildman–Crippen MR) is 164 cm³/mol. The van der Waals surface area contributed by atoms with Crippen molar-refractivity contribution in [3.05, 3.63) is 129 Å². The van der Waals surface area contributed by atoms with Gasteiger partial charge in [0.2, 0.25) is 5.91 Å². The zero-order valence-corrected chi connectivity index (χ0v) is 23.7. The second-order valence-corrected chi connectivity index (χ2v) is 10.6. The van der Waals surface area contributed by atoms with Gasteiger partial charge in [-0.05, 0) is 78.7 Å². The highest BCUT2D eigenvalue weighted by molar-refractivity contribution is 8.00. The summed E-state index contributed by atoms with van der Waals surface area (Å²) >= 11 is 13.4.